The van der Waals surface area contributed by atoms with Gasteiger partial charge in [0, 0.05) is 40.0 Å². The van der Waals surface area contributed by atoms with E-state index in [0.717, 1.165) is 9.86 Å². The quantitative estimate of drug-likeness (QED) is 0.420. The van der Waals surface area contributed by atoms with Gasteiger partial charge in [-0.1, -0.05) is 22.0 Å². The Morgan fingerprint density at radius 1 is 1.26 bits per heavy atom. The number of rotatable bonds is 3. The Morgan fingerprint density at radius 2 is 2.09 bits per heavy atom. The van der Waals surface area contributed by atoms with E-state index in [1.54, 1.807) is 12.3 Å². The lowest BCUT2D eigenvalue weighted by Crippen LogP contribution is -1.90. The number of non-ortho nitro benzene ring substituents is 1. The highest BCUT2D eigenvalue weighted by atomic mass is 79.9. The van der Waals surface area contributed by atoms with E-state index in [-0.39, 0.29) is 17.0 Å². The van der Waals surface area contributed by atoms with E-state index >= 15 is 0 Å². The van der Waals surface area contributed by atoms with Crippen molar-refractivity contribution in [3.63, 3.8) is 0 Å². The van der Waals surface area contributed by atoms with Gasteiger partial charge in [0.25, 0.3) is 5.69 Å². The summed E-state index contributed by atoms with van der Waals surface area (Å²) in [6.07, 6.45) is 3.05. The van der Waals surface area contributed by atoms with Gasteiger partial charge in [-0.3, -0.25) is 20.1 Å². The Bertz CT molecular complexity index is 941. The molecule has 6 nitrogen and oxygen atoms in total. The maximum absolute atomic E-state index is 10.8. The highest BCUT2D eigenvalue weighted by Crippen LogP contribution is 2.30. The number of nitro benzene ring substituents is 1. The SMILES string of the molecule is O=[N+]([O-])c1ccc(O)c(/C=N/c2ccc(Br)c3cccnc23)c1. The Morgan fingerprint density at radius 3 is 2.87 bits per heavy atom. The van der Waals surface area contributed by atoms with E-state index in [2.05, 4.69) is 25.9 Å². The first-order valence-electron chi connectivity index (χ1n) is 6.61. The number of hydrogen-bond donors (Lipinski definition) is 1. The van der Waals surface area contributed by atoms with Crippen molar-refractivity contribution in [3.8, 4) is 5.75 Å². The second kappa shape index (κ2) is 6.13. The number of halogens is 1. The van der Waals surface area contributed by atoms with Crippen LogP contribution in [-0.4, -0.2) is 21.2 Å². The number of fused-ring (bicyclic) bond motifs is 1. The summed E-state index contributed by atoms with van der Waals surface area (Å²) in [5.41, 5.74) is 1.46. The number of nitro groups is 1. The number of phenolic OH excluding ortho intramolecular Hbond substituents is 1. The van der Waals surface area contributed by atoms with Crippen LogP contribution in [0.2, 0.25) is 0 Å². The summed E-state index contributed by atoms with van der Waals surface area (Å²) in [5, 5.41) is 21.5. The van der Waals surface area contributed by atoms with Gasteiger partial charge in [-0.05, 0) is 24.3 Å². The third-order valence-corrected chi connectivity index (χ3v) is 3.95. The smallest absolute Gasteiger partial charge is 0.270 e. The van der Waals surface area contributed by atoms with Crippen molar-refractivity contribution in [2.45, 2.75) is 0 Å². The van der Waals surface area contributed by atoms with Gasteiger partial charge in [0.15, 0.2) is 0 Å². The van der Waals surface area contributed by atoms with E-state index in [0.29, 0.717) is 11.2 Å². The third kappa shape index (κ3) is 3.04. The molecule has 0 atom stereocenters. The Labute approximate surface area is 139 Å². The molecular weight excluding hydrogens is 362 g/mol. The summed E-state index contributed by atoms with van der Waals surface area (Å²) < 4.78 is 0.901. The number of aromatic nitrogens is 1. The van der Waals surface area contributed by atoms with Crippen LogP contribution in [0.1, 0.15) is 5.56 Å². The molecule has 0 saturated carbocycles. The van der Waals surface area contributed by atoms with Crippen molar-refractivity contribution in [1.29, 1.82) is 0 Å². The summed E-state index contributed by atoms with van der Waals surface area (Å²) >= 11 is 3.46. The summed E-state index contributed by atoms with van der Waals surface area (Å²) in [7, 11) is 0. The standard InChI is InChI=1S/C16H10BrN3O3/c17-13-4-5-14(16-12(13)2-1-7-18-16)19-9-10-8-11(20(22)23)3-6-15(10)21/h1-9,21H/b19-9+. The topological polar surface area (TPSA) is 88.6 Å². The molecule has 1 aromatic heterocycles. The van der Waals surface area contributed by atoms with E-state index in [4.69, 9.17) is 0 Å². The average Bonchev–Trinajstić information content (AvgIpc) is 2.55. The van der Waals surface area contributed by atoms with Crippen molar-refractivity contribution < 1.29 is 10.0 Å². The zero-order chi connectivity index (χ0) is 16.4. The first-order chi connectivity index (χ1) is 11.1. The molecule has 0 aliphatic carbocycles. The minimum atomic E-state index is -0.520. The van der Waals surface area contributed by atoms with Crippen molar-refractivity contribution in [2.75, 3.05) is 0 Å². The second-order valence-corrected chi connectivity index (χ2v) is 5.58. The Balaban J connectivity index is 2.06. The molecular formula is C16H10BrN3O3. The number of nitrogens with zero attached hydrogens (tertiary/aromatic N) is 3. The van der Waals surface area contributed by atoms with E-state index in [1.807, 2.05) is 18.2 Å². The zero-order valence-electron chi connectivity index (χ0n) is 11.7. The lowest BCUT2D eigenvalue weighted by Gasteiger charge is -2.03. The van der Waals surface area contributed by atoms with Crippen LogP contribution in [0.25, 0.3) is 10.9 Å². The van der Waals surface area contributed by atoms with Gasteiger partial charge in [0.2, 0.25) is 0 Å². The maximum atomic E-state index is 10.8. The molecule has 0 bridgehead atoms. The fourth-order valence-electron chi connectivity index (χ4n) is 2.13. The van der Waals surface area contributed by atoms with Crippen LogP contribution in [0.4, 0.5) is 11.4 Å². The van der Waals surface area contributed by atoms with Gasteiger partial charge in [-0.15, -0.1) is 0 Å². The minimum Gasteiger partial charge on any atom is -0.507 e. The van der Waals surface area contributed by atoms with Gasteiger partial charge in [-0.25, -0.2) is 0 Å². The van der Waals surface area contributed by atoms with Gasteiger partial charge in [0.1, 0.15) is 5.75 Å². The Kier molecular flexibility index (Phi) is 4.03. The van der Waals surface area contributed by atoms with Gasteiger partial charge >= 0.3 is 0 Å². The minimum absolute atomic E-state index is 0.0753. The molecule has 0 aliphatic heterocycles. The van der Waals surface area contributed by atoms with Crippen molar-refractivity contribution >= 4 is 44.4 Å². The predicted octanol–water partition coefficient (Wildman–Crippen LogP) is 4.36. The van der Waals surface area contributed by atoms with Crippen molar-refractivity contribution in [3.05, 3.63) is 68.8 Å². The summed E-state index contributed by atoms with van der Waals surface area (Å²) in [6, 6.07) is 11.2. The second-order valence-electron chi connectivity index (χ2n) is 4.72. The Hall–Kier alpha value is -2.80. The highest BCUT2D eigenvalue weighted by molar-refractivity contribution is 9.10. The molecule has 0 fully saturated rings. The van der Waals surface area contributed by atoms with Gasteiger partial charge in [-0.2, -0.15) is 0 Å². The largest absolute Gasteiger partial charge is 0.507 e. The van der Waals surface area contributed by atoms with Crippen LogP contribution in [0, 0.1) is 10.1 Å². The van der Waals surface area contributed by atoms with Crippen LogP contribution in [0.5, 0.6) is 5.75 Å². The molecule has 7 heteroatoms. The molecule has 0 unspecified atom stereocenters. The number of benzene rings is 2. The van der Waals surface area contributed by atoms with E-state index in [9.17, 15) is 15.2 Å². The van der Waals surface area contributed by atoms with E-state index < -0.39 is 4.92 Å². The van der Waals surface area contributed by atoms with E-state index in [1.165, 1.54) is 24.4 Å². The fraction of sp³-hybridized carbons (Fsp3) is 0. The van der Waals surface area contributed by atoms with Crippen LogP contribution in [-0.2, 0) is 0 Å². The molecule has 114 valence electrons. The molecule has 0 radical (unpaired) electrons. The molecule has 23 heavy (non-hydrogen) atoms. The van der Waals surface area contributed by atoms with Gasteiger partial charge in [0.05, 0.1) is 16.1 Å². The number of aromatic hydroxyl groups is 1. The van der Waals surface area contributed by atoms with Crippen molar-refractivity contribution in [2.24, 2.45) is 4.99 Å². The molecule has 0 spiro atoms. The molecule has 0 amide bonds. The molecule has 0 aliphatic rings. The lowest BCUT2D eigenvalue weighted by atomic mass is 10.2. The van der Waals surface area contributed by atoms with Crippen LogP contribution in [0.15, 0.2) is 58.1 Å². The molecule has 1 N–H and O–H groups in total. The maximum Gasteiger partial charge on any atom is 0.270 e. The number of pyridine rings is 1. The number of aliphatic imine (C=N–C) groups is 1. The van der Waals surface area contributed by atoms with Crippen LogP contribution < -0.4 is 0 Å². The first-order valence-corrected chi connectivity index (χ1v) is 7.40. The molecule has 3 aromatic rings. The molecule has 3 rings (SSSR count). The average molecular weight is 372 g/mol. The molecule has 1 heterocycles. The normalized spacial score (nSPS) is 11.2. The monoisotopic (exact) mass is 371 g/mol. The summed E-state index contributed by atoms with van der Waals surface area (Å²) in [6.45, 7) is 0. The predicted molar refractivity (Wildman–Crippen MR) is 91.5 cm³/mol. The highest BCUT2D eigenvalue weighted by Gasteiger charge is 2.09. The summed E-state index contributed by atoms with van der Waals surface area (Å²) in [5.74, 6) is -0.0753. The fourth-order valence-corrected chi connectivity index (χ4v) is 2.58. The molecule has 2 aromatic carbocycles. The lowest BCUT2D eigenvalue weighted by molar-refractivity contribution is -0.384. The zero-order valence-corrected chi connectivity index (χ0v) is 13.3. The first kappa shape index (κ1) is 15.1. The van der Waals surface area contributed by atoms with Crippen LogP contribution in [0.3, 0.4) is 0 Å². The van der Waals surface area contributed by atoms with Crippen LogP contribution >= 0.6 is 15.9 Å². The summed E-state index contributed by atoms with van der Waals surface area (Å²) in [4.78, 5) is 18.9. The third-order valence-electron chi connectivity index (χ3n) is 3.26. The number of hydrogen-bond acceptors (Lipinski definition) is 5. The van der Waals surface area contributed by atoms with Gasteiger partial charge < -0.3 is 5.11 Å². The molecule has 0 saturated heterocycles. The van der Waals surface area contributed by atoms with Crippen molar-refractivity contribution in [1.82, 2.24) is 4.98 Å². The number of phenols is 1.